The molecule has 0 aliphatic carbocycles. The van der Waals surface area contributed by atoms with Gasteiger partial charge in [-0.15, -0.1) is 0 Å². The van der Waals surface area contributed by atoms with E-state index in [0.29, 0.717) is 22.6 Å². The van der Waals surface area contributed by atoms with Crippen LogP contribution in [0.1, 0.15) is 18.3 Å². The average Bonchev–Trinajstić information content (AvgIpc) is 2.69. The van der Waals surface area contributed by atoms with Crippen LogP contribution in [0.5, 0.6) is 0 Å². The number of nitrogens with zero attached hydrogens (tertiary/aromatic N) is 3. The number of rotatable bonds is 3. The Bertz CT molecular complexity index is 600. The normalized spacial score (nSPS) is 11.2. The highest BCUT2D eigenvalue weighted by Gasteiger charge is 2.02. The van der Waals surface area contributed by atoms with Crippen LogP contribution in [0.25, 0.3) is 0 Å². The van der Waals surface area contributed by atoms with Crippen molar-refractivity contribution in [2.45, 2.75) is 13.3 Å². The second kappa shape index (κ2) is 5.01. The zero-order chi connectivity index (χ0) is 12.3. The lowest BCUT2D eigenvalue weighted by molar-refractivity contribution is 0.625. The fourth-order valence-electron chi connectivity index (χ4n) is 1.37. The van der Waals surface area contributed by atoms with Crippen LogP contribution in [0, 0.1) is 10.6 Å². The monoisotopic (exact) mass is 250 g/mol. The van der Waals surface area contributed by atoms with Crippen molar-refractivity contribution in [1.82, 2.24) is 14.9 Å². The first-order valence-electron chi connectivity index (χ1n) is 5.17. The van der Waals surface area contributed by atoms with Gasteiger partial charge in [-0.1, -0.05) is 25.1 Å². The number of aromatic amines is 1. The topological polar surface area (TPSA) is 46.0 Å². The molecule has 0 aliphatic rings. The van der Waals surface area contributed by atoms with Gasteiger partial charge >= 0.3 is 0 Å². The molecule has 0 saturated heterocycles. The fourth-order valence-corrected chi connectivity index (χ4v) is 1.57. The van der Waals surface area contributed by atoms with Crippen molar-refractivity contribution in [3.8, 4) is 0 Å². The number of aryl methyl sites for hydroxylation is 1. The Morgan fingerprint density at radius 3 is 3.00 bits per heavy atom. The summed E-state index contributed by atoms with van der Waals surface area (Å²) in [6.07, 6.45) is 2.13. The maximum atomic E-state index is 13.4. The van der Waals surface area contributed by atoms with Crippen LogP contribution in [0.2, 0.25) is 0 Å². The van der Waals surface area contributed by atoms with E-state index in [1.807, 2.05) is 6.92 Å². The molecular weight excluding hydrogens is 239 g/mol. The minimum Gasteiger partial charge on any atom is -0.250 e. The maximum Gasteiger partial charge on any atom is 0.216 e. The summed E-state index contributed by atoms with van der Waals surface area (Å²) < 4.78 is 15.2. The summed E-state index contributed by atoms with van der Waals surface area (Å²) in [6.45, 7) is 1.94. The highest BCUT2D eigenvalue weighted by atomic mass is 32.1. The number of H-pyrrole nitrogens is 1. The largest absolute Gasteiger partial charge is 0.250 e. The molecule has 1 aromatic heterocycles. The first-order chi connectivity index (χ1) is 8.22. The highest BCUT2D eigenvalue weighted by molar-refractivity contribution is 7.71. The lowest BCUT2D eigenvalue weighted by Gasteiger charge is -1.97. The van der Waals surface area contributed by atoms with Crippen molar-refractivity contribution in [3.63, 3.8) is 0 Å². The molecule has 4 nitrogen and oxygen atoms in total. The van der Waals surface area contributed by atoms with Crippen LogP contribution in [0.4, 0.5) is 4.39 Å². The van der Waals surface area contributed by atoms with Gasteiger partial charge in [0.15, 0.2) is 5.82 Å². The molecule has 1 aromatic carbocycles. The molecule has 2 aromatic rings. The van der Waals surface area contributed by atoms with Crippen molar-refractivity contribution in [2.24, 2.45) is 5.10 Å². The van der Waals surface area contributed by atoms with Crippen LogP contribution in [-0.2, 0) is 6.42 Å². The number of benzene rings is 1. The smallest absolute Gasteiger partial charge is 0.216 e. The number of aromatic nitrogens is 3. The van der Waals surface area contributed by atoms with Crippen LogP contribution in [0.3, 0.4) is 0 Å². The molecule has 0 saturated carbocycles. The average molecular weight is 250 g/mol. The molecule has 0 aliphatic heterocycles. The molecule has 1 heterocycles. The number of hydrogen-bond acceptors (Lipinski definition) is 3. The highest BCUT2D eigenvalue weighted by Crippen LogP contribution is 2.04. The lowest BCUT2D eigenvalue weighted by atomic mass is 10.2. The Labute approximate surface area is 103 Å². The van der Waals surface area contributed by atoms with Crippen molar-refractivity contribution >= 4 is 18.4 Å². The molecule has 0 bridgehead atoms. The molecule has 0 unspecified atom stereocenters. The van der Waals surface area contributed by atoms with E-state index in [9.17, 15) is 4.39 Å². The van der Waals surface area contributed by atoms with Gasteiger partial charge in [0.25, 0.3) is 0 Å². The van der Waals surface area contributed by atoms with Gasteiger partial charge in [0.05, 0.1) is 6.21 Å². The molecule has 0 radical (unpaired) electrons. The van der Waals surface area contributed by atoms with Crippen molar-refractivity contribution < 1.29 is 4.39 Å². The van der Waals surface area contributed by atoms with Crippen LogP contribution in [-0.4, -0.2) is 21.1 Å². The summed E-state index contributed by atoms with van der Waals surface area (Å²) in [5.41, 5.74) is 0.414. The predicted molar refractivity (Wildman–Crippen MR) is 66.2 cm³/mol. The number of halogens is 1. The first kappa shape index (κ1) is 11.7. The van der Waals surface area contributed by atoms with Crippen LogP contribution < -0.4 is 0 Å². The summed E-state index contributed by atoms with van der Waals surface area (Å²) in [4.78, 5) is 0. The van der Waals surface area contributed by atoms with E-state index in [2.05, 4.69) is 15.3 Å². The van der Waals surface area contributed by atoms with Gasteiger partial charge in [-0.25, -0.2) is 4.39 Å². The van der Waals surface area contributed by atoms with Gasteiger partial charge in [-0.05, 0) is 18.3 Å². The second-order valence-electron chi connectivity index (χ2n) is 3.38. The molecule has 17 heavy (non-hydrogen) atoms. The van der Waals surface area contributed by atoms with Gasteiger partial charge in [-0.2, -0.15) is 14.9 Å². The Kier molecular flexibility index (Phi) is 3.43. The molecule has 0 spiro atoms. The first-order valence-corrected chi connectivity index (χ1v) is 5.58. The van der Waals surface area contributed by atoms with Gasteiger partial charge in [0, 0.05) is 12.0 Å². The van der Waals surface area contributed by atoms with E-state index >= 15 is 0 Å². The van der Waals surface area contributed by atoms with Gasteiger partial charge in [0.2, 0.25) is 4.77 Å². The summed E-state index contributed by atoms with van der Waals surface area (Å²) in [7, 11) is 0. The molecule has 88 valence electrons. The molecule has 6 heteroatoms. The molecule has 2 rings (SSSR count). The zero-order valence-electron chi connectivity index (χ0n) is 9.22. The molecular formula is C11H11FN4S. The van der Waals surface area contributed by atoms with Crippen LogP contribution in [0.15, 0.2) is 29.4 Å². The second-order valence-corrected chi connectivity index (χ2v) is 3.76. The minimum atomic E-state index is -0.315. The number of hydrogen-bond donors (Lipinski definition) is 1. The molecule has 0 atom stereocenters. The third-order valence-electron chi connectivity index (χ3n) is 2.25. The van der Waals surface area contributed by atoms with E-state index in [1.165, 1.54) is 17.0 Å². The van der Waals surface area contributed by atoms with Crippen LogP contribution >= 0.6 is 12.2 Å². The lowest BCUT2D eigenvalue weighted by Crippen LogP contribution is -1.98. The van der Waals surface area contributed by atoms with E-state index in [4.69, 9.17) is 12.2 Å². The molecule has 0 fully saturated rings. The fraction of sp³-hybridized carbons (Fsp3) is 0.182. The Balaban J connectivity index is 2.35. The van der Waals surface area contributed by atoms with Crippen molar-refractivity contribution in [1.29, 1.82) is 0 Å². The van der Waals surface area contributed by atoms with E-state index in [1.54, 1.807) is 18.2 Å². The minimum absolute atomic E-state index is 0.315. The summed E-state index contributed by atoms with van der Waals surface area (Å²) >= 11 is 5.02. The third kappa shape index (κ3) is 2.47. The SMILES string of the molecule is CCc1n[nH]c(=S)n1N=Cc1ccccc1F. The predicted octanol–water partition coefficient (Wildman–Crippen LogP) is 2.52. The molecule has 1 N–H and O–H groups in total. The van der Waals surface area contributed by atoms with E-state index in [-0.39, 0.29) is 5.82 Å². The van der Waals surface area contributed by atoms with E-state index in [0.717, 1.165) is 0 Å². The Hall–Kier alpha value is -1.82. The zero-order valence-corrected chi connectivity index (χ0v) is 10.0. The van der Waals surface area contributed by atoms with Gasteiger partial charge in [0.1, 0.15) is 5.82 Å². The third-order valence-corrected chi connectivity index (χ3v) is 2.52. The van der Waals surface area contributed by atoms with E-state index < -0.39 is 0 Å². The summed E-state index contributed by atoms with van der Waals surface area (Å²) in [6, 6.07) is 6.42. The Morgan fingerprint density at radius 1 is 1.53 bits per heavy atom. The van der Waals surface area contributed by atoms with Gasteiger partial charge < -0.3 is 0 Å². The summed E-state index contributed by atoms with van der Waals surface area (Å²) in [5, 5.41) is 10.8. The maximum absolute atomic E-state index is 13.4. The summed E-state index contributed by atoms with van der Waals surface area (Å²) in [5.74, 6) is 0.395. The standard InChI is InChI=1S/C11H11FN4S/c1-2-10-14-15-11(17)16(10)13-7-8-5-3-4-6-9(8)12/h3-7H,2H2,1H3,(H,15,17). The molecule has 0 amide bonds. The quantitative estimate of drug-likeness (QED) is 0.672. The Morgan fingerprint density at radius 2 is 2.29 bits per heavy atom. The van der Waals surface area contributed by atoms with Gasteiger partial charge in [-0.3, -0.25) is 5.10 Å². The van der Waals surface area contributed by atoms with Crippen molar-refractivity contribution in [3.05, 3.63) is 46.2 Å². The number of nitrogens with one attached hydrogen (secondary N) is 1. The van der Waals surface area contributed by atoms with Crippen molar-refractivity contribution in [2.75, 3.05) is 0 Å².